The molecule has 1 heterocycles. The van der Waals surface area contributed by atoms with Crippen LogP contribution in [-0.4, -0.2) is 17.4 Å². The minimum Gasteiger partial charge on any atom is -0.356 e. The molecule has 0 atom stereocenters. The number of carbonyl (C=O) groups excluding carboxylic acids is 1. The van der Waals surface area contributed by atoms with E-state index in [0.29, 0.717) is 17.8 Å². The number of nitriles is 1. The van der Waals surface area contributed by atoms with Crippen molar-refractivity contribution in [1.29, 1.82) is 5.26 Å². The SMILES string of the molecule is CCNC(=O)c1cc(C#N)c[nH]1. The highest BCUT2D eigenvalue weighted by Gasteiger charge is 2.05. The predicted molar refractivity (Wildman–Crippen MR) is 43.5 cm³/mol. The van der Waals surface area contributed by atoms with Gasteiger partial charge in [-0.2, -0.15) is 5.26 Å². The molecule has 0 aliphatic carbocycles. The molecule has 0 saturated carbocycles. The molecule has 1 amide bonds. The summed E-state index contributed by atoms with van der Waals surface area (Å²) in [5.74, 6) is -0.181. The molecule has 1 aromatic rings. The van der Waals surface area contributed by atoms with Crippen LogP contribution in [0.1, 0.15) is 23.0 Å². The Morgan fingerprint density at radius 1 is 1.83 bits per heavy atom. The summed E-state index contributed by atoms with van der Waals surface area (Å²) in [6.07, 6.45) is 1.50. The van der Waals surface area contributed by atoms with E-state index < -0.39 is 0 Å². The lowest BCUT2D eigenvalue weighted by Gasteiger charge is -1.96. The highest BCUT2D eigenvalue weighted by atomic mass is 16.1. The largest absolute Gasteiger partial charge is 0.356 e. The molecule has 0 aromatic carbocycles. The molecule has 1 aromatic heterocycles. The van der Waals surface area contributed by atoms with Gasteiger partial charge in [0, 0.05) is 12.7 Å². The van der Waals surface area contributed by atoms with E-state index in [-0.39, 0.29) is 5.91 Å². The zero-order valence-electron chi connectivity index (χ0n) is 6.72. The van der Waals surface area contributed by atoms with Crippen LogP contribution in [0.3, 0.4) is 0 Å². The summed E-state index contributed by atoms with van der Waals surface area (Å²) in [6.45, 7) is 2.42. The van der Waals surface area contributed by atoms with Crippen molar-refractivity contribution < 1.29 is 4.79 Å². The number of aromatic nitrogens is 1. The van der Waals surface area contributed by atoms with Crippen LogP contribution in [0.5, 0.6) is 0 Å². The molecule has 0 bridgehead atoms. The van der Waals surface area contributed by atoms with E-state index in [4.69, 9.17) is 5.26 Å². The Balaban J connectivity index is 2.76. The molecule has 0 aliphatic heterocycles. The van der Waals surface area contributed by atoms with Gasteiger partial charge in [0.2, 0.25) is 0 Å². The van der Waals surface area contributed by atoms with Gasteiger partial charge in [0.25, 0.3) is 5.91 Å². The summed E-state index contributed by atoms with van der Waals surface area (Å²) in [7, 11) is 0. The van der Waals surface area contributed by atoms with Crippen molar-refractivity contribution in [2.24, 2.45) is 0 Å². The zero-order chi connectivity index (χ0) is 8.97. The van der Waals surface area contributed by atoms with Crippen molar-refractivity contribution in [2.75, 3.05) is 6.54 Å². The number of H-pyrrole nitrogens is 1. The molecule has 4 heteroatoms. The Morgan fingerprint density at radius 2 is 2.58 bits per heavy atom. The summed E-state index contributed by atoms with van der Waals surface area (Å²) >= 11 is 0. The second-order valence-corrected chi connectivity index (χ2v) is 2.27. The molecule has 0 unspecified atom stereocenters. The van der Waals surface area contributed by atoms with Crippen LogP contribution in [0.25, 0.3) is 0 Å². The van der Waals surface area contributed by atoms with Crippen LogP contribution in [0.15, 0.2) is 12.3 Å². The molecule has 0 aliphatic rings. The second kappa shape index (κ2) is 3.58. The first-order chi connectivity index (χ1) is 5.77. The molecule has 1 rings (SSSR count). The van der Waals surface area contributed by atoms with Gasteiger partial charge in [0.15, 0.2) is 0 Å². The van der Waals surface area contributed by atoms with Crippen molar-refractivity contribution in [3.63, 3.8) is 0 Å². The molecule has 2 N–H and O–H groups in total. The lowest BCUT2D eigenvalue weighted by atomic mass is 10.3. The van der Waals surface area contributed by atoms with Gasteiger partial charge < -0.3 is 10.3 Å². The summed E-state index contributed by atoms with van der Waals surface area (Å²) in [5, 5.41) is 11.1. The minimum absolute atomic E-state index is 0.181. The Kier molecular flexibility index (Phi) is 2.49. The fourth-order valence-corrected chi connectivity index (χ4v) is 0.846. The van der Waals surface area contributed by atoms with Crippen molar-refractivity contribution in [3.05, 3.63) is 23.5 Å². The molecule has 0 radical (unpaired) electrons. The standard InChI is InChI=1S/C8H9N3O/c1-2-10-8(12)7-3-6(4-9)5-11-7/h3,5,11H,2H2,1H3,(H,10,12). The number of aromatic amines is 1. The lowest BCUT2D eigenvalue weighted by molar-refractivity contribution is 0.0951. The lowest BCUT2D eigenvalue weighted by Crippen LogP contribution is -2.22. The van der Waals surface area contributed by atoms with Crippen LogP contribution in [-0.2, 0) is 0 Å². The van der Waals surface area contributed by atoms with E-state index in [1.807, 2.05) is 13.0 Å². The molecule has 62 valence electrons. The van der Waals surface area contributed by atoms with Crippen LogP contribution >= 0.6 is 0 Å². The first-order valence-electron chi connectivity index (χ1n) is 3.64. The topological polar surface area (TPSA) is 68.7 Å². The number of nitrogens with zero attached hydrogens (tertiary/aromatic N) is 1. The van der Waals surface area contributed by atoms with Crippen molar-refractivity contribution in [2.45, 2.75) is 6.92 Å². The summed E-state index contributed by atoms with van der Waals surface area (Å²) in [6, 6.07) is 3.45. The summed E-state index contributed by atoms with van der Waals surface area (Å²) in [4.78, 5) is 13.8. The maximum absolute atomic E-state index is 11.1. The van der Waals surface area contributed by atoms with Gasteiger partial charge in [-0.15, -0.1) is 0 Å². The molecular formula is C8H9N3O. The van der Waals surface area contributed by atoms with Crippen LogP contribution in [0, 0.1) is 11.3 Å². The highest BCUT2D eigenvalue weighted by Crippen LogP contribution is 2.00. The quantitative estimate of drug-likeness (QED) is 0.671. The van der Waals surface area contributed by atoms with Crippen molar-refractivity contribution in [1.82, 2.24) is 10.3 Å². The van der Waals surface area contributed by atoms with Gasteiger partial charge in [0.05, 0.1) is 5.56 Å². The highest BCUT2D eigenvalue weighted by molar-refractivity contribution is 5.92. The maximum Gasteiger partial charge on any atom is 0.267 e. The van der Waals surface area contributed by atoms with E-state index in [1.165, 1.54) is 12.3 Å². The molecule has 0 spiro atoms. The second-order valence-electron chi connectivity index (χ2n) is 2.27. The van der Waals surface area contributed by atoms with Gasteiger partial charge in [0.1, 0.15) is 11.8 Å². The van der Waals surface area contributed by atoms with Crippen molar-refractivity contribution in [3.8, 4) is 6.07 Å². The maximum atomic E-state index is 11.1. The van der Waals surface area contributed by atoms with Gasteiger partial charge in [-0.3, -0.25) is 4.79 Å². The number of carbonyl (C=O) groups is 1. The van der Waals surface area contributed by atoms with Crippen LogP contribution in [0.4, 0.5) is 0 Å². The fourth-order valence-electron chi connectivity index (χ4n) is 0.846. The third-order valence-corrected chi connectivity index (χ3v) is 1.39. The van der Waals surface area contributed by atoms with Crippen LogP contribution in [0.2, 0.25) is 0 Å². The minimum atomic E-state index is -0.181. The average molecular weight is 163 g/mol. The molecule has 12 heavy (non-hydrogen) atoms. The van der Waals surface area contributed by atoms with E-state index in [2.05, 4.69) is 10.3 Å². The molecule has 0 fully saturated rings. The molecular weight excluding hydrogens is 154 g/mol. The fraction of sp³-hybridized carbons (Fsp3) is 0.250. The number of hydrogen-bond donors (Lipinski definition) is 2. The number of nitrogens with one attached hydrogen (secondary N) is 2. The predicted octanol–water partition coefficient (Wildman–Crippen LogP) is 0.636. The Morgan fingerprint density at radius 3 is 3.08 bits per heavy atom. The van der Waals surface area contributed by atoms with Crippen LogP contribution < -0.4 is 5.32 Å². The number of amides is 1. The van der Waals surface area contributed by atoms with E-state index in [1.54, 1.807) is 0 Å². The van der Waals surface area contributed by atoms with E-state index in [0.717, 1.165) is 0 Å². The third-order valence-electron chi connectivity index (χ3n) is 1.39. The Bertz CT molecular complexity index is 321. The molecule has 4 nitrogen and oxygen atoms in total. The Hall–Kier alpha value is -1.76. The summed E-state index contributed by atoms with van der Waals surface area (Å²) in [5.41, 5.74) is 0.893. The van der Waals surface area contributed by atoms with Gasteiger partial charge in [-0.25, -0.2) is 0 Å². The molecule has 0 saturated heterocycles. The van der Waals surface area contributed by atoms with E-state index in [9.17, 15) is 4.79 Å². The summed E-state index contributed by atoms with van der Waals surface area (Å²) < 4.78 is 0. The monoisotopic (exact) mass is 163 g/mol. The van der Waals surface area contributed by atoms with Gasteiger partial charge in [-0.05, 0) is 13.0 Å². The zero-order valence-corrected chi connectivity index (χ0v) is 6.72. The van der Waals surface area contributed by atoms with Gasteiger partial charge >= 0.3 is 0 Å². The third kappa shape index (κ3) is 1.64. The first-order valence-corrected chi connectivity index (χ1v) is 3.64. The van der Waals surface area contributed by atoms with E-state index >= 15 is 0 Å². The smallest absolute Gasteiger partial charge is 0.267 e. The normalized spacial score (nSPS) is 9.00. The first kappa shape index (κ1) is 8.34. The number of rotatable bonds is 2. The Labute approximate surface area is 70.2 Å². The van der Waals surface area contributed by atoms with Crippen molar-refractivity contribution >= 4 is 5.91 Å². The number of hydrogen-bond acceptors (Lipinski definition) is 2. The van der Waals surface area contributed by atoms with Gasteiger partial charge in [-0.1, -0.05) is 0 Å². The average Bonchev–Trinajstić information content (AvgIpc) is 2.52.